The number of thiazole rings is 1. The van der Waals surface area contributed by atoms with Gasteiger partial charge in [0, 0.05) is 25.9 Å². The first-order valence-corrected chi connectivity index (χ1v) is 9.13. The molecular formula is C17H18N4O3S. The van der Waals surface area contributed by atoms with Gasteiger partial charge in [0.15, 0.2) is 0 Å². The molecule has 1 aromatic heterocycles. The zero-order valence-electron chi connectivity index (χ0n) is 13.6. The Morgan fingerprint density at radius 2 is 2.12 bits per heavy atom. The molecule has 2 saturated heterocycles. The van der Waals surface area contributed by atoms with E-state index in [0.29, 0.717) is 25.9 Å². The normalized spacial score (nSPS) is 20.6. The maximum absolute atomic E-state index is 12.5. The Morgan fingerprint density at radius 3 is 2.96 bits per heavy atom. The van der Waals surface area contributed by atoms with Gasteiger partial charge < -0.3 is 15.1 Å². The molecule has 130 valence electrons. The van der Waals surface area contributed by atoms with E-state index in [2.05, 4.69) is 10.3 Å². The predicted octanol–water partition coefficient (Wildman–Crippen LogP) is 0.398. The Kier molecular flexibility index (Phi) is 4.12. The Balaban J connectivity index is 1.38. The number of carbonyl (C=O) groups excluding carboxylic acids is 3. The molecule has 3 heterocycles. The molecular weight excluding hydrogens is 340 g/mol. The van der Waals surface area contributed by atoms with Crippen molar-refractivity contribution < 1.29 is 14.4 Å². The van der Waals surface area contributed by atoms with E-state index in [1.165, 1.54) is 0 Å². The number of carbonyl (C=O) groups is 3. The lowest BCUT2D eigenvalue weighted by Gasteiger charge is -2.42. The Bertz CT molecular complexity index is 816. The van der Waals surface area contributed by atoms with Crippen LogP contribution in [0.15, 0.2) is 24.3 Å². The molecule has 0 spiro atoms. The summed E-state index contributed by atoms with van der Waals surface area (Å²) in [6.45, 7) is 1.23. The molecule has 1 atom stereocenters. The summed E-state index contributed by atoms with van der Waals surface area (Å²) >= 11 is 1.61. The van der Waals surface area contributed by atoms with Gasteiger partial charge in [0.05, 0.1) is 28.3 Å². The Labute approximate surface area is 148 Å². The fourth-order valence-electron chi connectivity index (χ4n) is 3.31. The van der Waals surface area contributed by atoms with Crippen LogP contribution in [0.2, 0.25) is 0 Å². The smallest absolute Gasteiger partial charge is 0.245 e. The van der Waals surface area contributed by atoms with Gasteiger partial charge in [-0.2, -0.15) is 0 Å². The SMILES string of the molecule is O=C1NCC(=O)N2CCN(C(=O)CCc3nc4ccccc4s3)CC12. The van der Waals surface area contributed by atoms with Crippen LogP contribution in [0.5, 0.6) is 0 Å². The number of piperazine rings is 2. The van der Waals surface area contributed by atoms with Gasteiger partial charge in [-0.05, 0) is 12.1 Å². The third-order valence-electron chi connectivity index (χ3n) is 4.66. The average Bonchev–Trinajstić information content (AvgIpc) is 3.05. The first-order valence-electron chi connectivity index (χ1n) is 8.31. The number of amides is 3. The van der Waals surface area contributed by atoms with Crippen LogP contribution in [-0.2, 0) is 20.8 Å². The van der Waals surface area contributed by atoms with E-state index in [0.717, 1.165) is 15.2 Å². The number of rotatable bonds is 3. The first kappa shape index (κ1) is 16.0. The lowest BCUT2D eigenvalue weighted by Crippen LogP contribution is -2.66. The first-order chi connectivity index (χ1) is 12.1. The van der Waals surface area contributed by atoms with E-state index >= 15 is 0 Å². The number of fused-ring (bicyclic) bond motifs is 2. The standard InChI is InChI=1S/C17H18N4O3S/c22-15(6-5-14-19-11-3-1-2-4-13(11)25-14)20-7-8-21-12(10-20)17(24)18-9-16(21)23/h1-4,12H,5-10H2,(H,18,24). The number of hydrogen-bond donors (Lipinski definition) is 1. The summed E-state index contributed by atoms with van der Waals surface area (Å²) in [5.74, 6) is -0.251. The zero-order valence-corrected chi connectivity index (χ0v) is 14.4. The number of aryl methyl sites for hydroxylation is 1. The molecule has 1 aromatic carbocycles. The van der Waals surface area contributed by atoms with Crippen molar-refractivity contribution in [1.29, 1.82) is 0 Å². The van der Waals surface area contributed by atoms with E-state index in [1.807, 2.05) is 24.3 Å². The van der Waals surface area contributed by atoms with Gasteiger partial charge in [0.1, 0.15) is 6.04 Å². The van der Waals surface area contributed by atoms with Gasteiger partial charge in [0.2, 0.25) is 17.7 Å². The van der Waals surface area contributed by atoms with Crippen molar-refractivity contribution in [3.05, 3.63) is 29.3 Å². The molecule has 4 rings (SSSR count). The molecule has 1 unspecified atom stereocenters. The summed E-state index contributed by atoms with van der Waals surface area (Å²) in [4.78, 5) is 44.1. The highest BCUT2D eigenvalue weighted by molar-refractivity contribution is 7.18. The summed E-state index contributed by atoms with van der Waals surface area (Å²) in [6, 6.07) is 7.37. The van der Waals surface area contributed by atoms with Crippen LogP contribution in [0.4, 0.5) is 0 Å². The van der Waals surface area contributed by atoms with E-state index in [-0.39, 0.29) is 30.8 Å². The fourth-order valence-corrected chi connectivity index (χ4v) is 4.28. The van der Waals surface area contributed by atoms with Gasteiger partial charge in [-0.1, -0.05) is 12.1 Å². The number of nitrogens with zero attached hydrogens (tertiary/aromatic N) is 3. The second-order valence-corrected chi connectivity index (χ2v) is 7.35. The molecule has 8 heteroatoms. The molecule has 0 bridgehead atoms. The number of nitrogens with one attached hydrogen (secondary N) is 1. The van der Waals surface area contributed by atoms with Gasteiger partial charge in [0.25, 0.3) is 0 Å². The molecule has 0 aliphatic carbocycles. The number of para-hydroxylation sites is 1. The van der Waals surface area contributed by atoms with Crippen molar-refractivity contribution in [1.82, 2.24) is 20.1 Å². The zero-order chi connectivity index (χ0) is 17.4. The summed E-state index contributed by atoms with van der Waals surface area (Å²) in [5.41, 5.74) is 0.959. The largest absolute Gasteiger partial charge is 0.345 e. The molecule has 2 aliphatic heterocycles. The Hall–Kier alpha value is -2.48. The predicted molar refractivity (Wildman–Crippen MR) is 93.0 cm³/mol. The van der Waals surface area contributed by atoms with Crippen LogP contribution >= 0.6 is 11.3 Å². The quantitative estimate of drug-likeness (QED) is 0.861. The highest BCUT2D eigenvalue weighted by Gasteiger charge is 2.39. The molecule has 0 radical (unpaired) electrons. The topological polar surface area (TPSA) is 82.6 Å². The molecule has 2 aliphatic rings. The molecule has 2 aromatic rings. The molecule has 3 amide bonds. The van der Waals surface area contributed by atoms with Gasteiger partial charge in [-0.3, -0.25) is 14.4 Å². The third kappa shape index (κ3) is 3.09. The molecule has 0 saturated carbocycles. The molecule has 7 nitrogen and oxygen atoms in total. The number of benzene rings is 1. The van der Waals surface area contributed by atoms with Crippen molar-refractivity contribution in [3.8, 4) is 0 Å². The van der Waals surface area contributed by atoms with Crippen LogP contribution in [0.25, 0.3) is 10.2 Å². The van der Waals surface area contributed by atoms with E-state index < -0.39 is 6.04 Å². The van der Waals surface area contributed by atoms with E-state index in [9.17, 15) is 14.4 Å². The Morgan fingerprint density at radius 1 is 1.28 bits per heavy atom. The van der Waals surface area contributed by atoms with Gasteiger partial charge in [-0.15, -0.1) is 11.3 Å². The van der Waals surface area contributed by atoms with Crippen LogP contribution in [-0.4, -0.2) is 64.7 Å². The van der Waals surface area contributed by atoms with Gasteiger partial charge >= 0.3 is 0 Å². The molecule has 1 N–H and O–H groups in total. The lowest BCUT2D eigenvalue weighted by molar-refractivity contribution is -0.152. The summed E-state index contributed by atoms with van der Waals surface area (Å²) in [7, 11) is 0. The van der Waals surface area contributed by atoms with Crippen molar-refractivity contribution in [2.75, 3.05) is 26.2 Å². The van der Waals surface area contributed by atoms with Crippen molar-refractivity contribution >= 4 is 39.3 Å². The average molecular weight is 358 g/mol. The van der Waals surface area contributed by atoms with Crippen LogP contribution in [0.1, 0.15) is 11.4 Å². The minimum Gasteiger partial charge on any atom is -0.345 e. The number of aromatic nitrogens is 1. The maximum Gasteiger partial charge on any atom is 0.245 e. The van der Waals surface area contributed by atoms with Crippen molar-refractivity contribution in [3.63, 3.8) is 0 Å². The van der Waals surface area contributed by atoms with Crippen LogP contribution in [0, 0.1) is 0 Å². The second kappa shape index (κ2) is 6.44. The minimum absolute atomic E-state index is 0.00438. The molecule has 2 fully saturated rings. The lowest BCUT2D eigenvalue weighted by atomic mass is 10.1. The summed E-state index contributed by atoms with van der Waals surface area (Å²) < 4.78 is 1.12. The summed E-state index contributed by atoms with van der Waals surface area (Å²) in [6.07, 6.45) is 0.955. The van der Waals surface area contributed by atoms with E-state index in [4.69, 9.17) is 0 Å². The van der Waals surface area contributed by atoms with E-state index in [1.54, 1.807) is 21.1 Å². The van der Waals surface area contributed by atoms with Gasteiger partial charge in [-0.25, -0.2) is 4.98 Å². The van der Waals surface area contributed by atoms with Crippen LogP contribution < -0.4 is 5.32 Å². The van der Waals surface area contributed by atoms with Crippen molar-refractivity contribution in [2.24, 2.45) is 0 Å². The van der Waals surface area contributed by atoms with Crippen molar-refractivity contribution in [2.45, 2.75) is 18.9 Å². The van der Waals surface area contributed by atoms with Crippen LogP contribution in [0.3, 0.4) is 0 Å². The minimum atomic E-state index is -0.554. The fraction of sp³-hybridized carbons (Fsp3) is 0.412. The third-order valence-corrected chi connectivity index (χ3v) is 5.76. The second-order valence-electron chi connectivity index (χ2n) is 6.24. The highest BCUT2D eigenvalue weighted by atomic mass is 32.1. The number of hydrogen-bond acceptors (Lipinski definition) is 5. The monoisotopic (exact) mass is 358 g/mol. The summed E-state index contributed by atoms with van der Waals surface area (Å²) in [5, 5.41) is 3.53. The maximum atomic E-state index is 12.5. The molecule has 25 heavy (non-hydrogen) atoms. The highest BCUT2D eigenvalue weighted by Crippen LogP contribution is 2.23.